The molecule has 0 amide bonds. The first-order valence-electron chi connectivity index (χ1n) is 7.12. The molecule has 0 saturated carbocycles. The van der Waals surface area contributed by atoms with Gasteiger partial charge in [0.25, 0.3) is 10.0 Å². The van der Waals surface area contributed by atoms with E-state index in [9.17, 15) is 13.2 Å². The fourth-order valence-electron chi connectivity index (χ4n) is 1.97. The number of benzene rings is 2. The number of anilines is 1. The van der Waals surface area contributed by atoms with E-state index < -0.39 is 16.0 Å². The molecule has 0 radical (unpaired) electrons. The van der Waals surface area contributed by atoms with Crippen molar-refractivity contribution < 1.29 is 22.7 Å². The Morgan fingerprint density at radius 1 is 1.28 bits per heavy atom. The molecule has 132 valence electrons. The van der Waals surface area contributed by atoms with Crippen LogP contribution in [-0.4, -0.2) is 28.1 Å². The van der Waals surface area contributed by atoms with Crippen LogP contribution in [-0.2, 0) is 14.8 Å². The Morgan fingerprint density at radius 2 is 2.04 bits per heavy atom. The molecule has 2 rings (SSSR count). The Labute approximate surface area is 151 Å². The highest BCUT2D eigenvalue weighted by Gasteiger charge is 2.21. The zero-order chi connectivity index (χ0) is 18.4. The molecule has 2 aromatic rings. The highest BCUT2D eigenvalue weighted by Crippen LogP contribution is 2.26. The van der Waals surface area contributed by atoms with E-state index in [0.717, 1.165) is 6.07 Å². The number of nitrogens with one attached hydrogen (secondary N) is 1. The van der Waals surface area contributed by atoms with Gasteiger partial charge in [0.1, 0.15) is 17.3 Å². The van der Waals surface area contributed by atoms with E-state index in [-0.39, 0.29) is 15.5 Å². The summed E-state index contributed by atoms with van der Waals surface area (Å²) >= 11 is 5.99. The van der Waals surface area contributed by atoms with Crippen LogP contribution in [0.3, 0.4) is 0 Å². The fraction of sp³-hybridized carbons (Fsp3) is 0.118. The molecule has 0 aliphatic carbocycles. The number of carbonyl (C=O) groups excluding carboxylic acids is 1. The van der Waals surface area contributed by atoms with Crippen LogP contribution in [0.15, 0.2) is 60.0 Å². The van der Waals surface area contributed by atoms with Gasteiger partial charge in [-0.05, 0) is 30.3 Å². The van der Waals surface area contributed by atoms with E-state index >= 15 is 0 Å². The maximum absolute atomic E-state index is 12.6. The molecule has 8 heteroatoms. The molecule has 0 heterocycles. The van der Waals surface area contributed by atoms with Gasteiger partial charge in [-0.3, -0.25) is 4.72 Å². The van der Waals surface area contributed by atoms with E-state index in [2.05, 4.69) is 16.0 Å². The lowest BCUT2D eigenvalue weighted by molar-refractivity contribution is 0.0600. The van der Waals surface area contributed by atoms with Gasteiger partial charge in [0.2, 0.25) is 0 Å². The number of rotatable bonds is 7. The van der Waals surface area contributed by atoms with Gasteiger partial charge in [-0.2, -0.15) is 0 Å². The van der Waals surface area contributed by atoms with Crippen LogP contribution in [0.1, 0.15) is 10.4 Å². The third-order valence-electron chi connectivity index (χ3n) is 3.10. The Morgan fingerprint density at radius 3 is 2.72 bits per heavy atom. The zero-order valence-corrected chi connectivity index (χ0v) is 14.9. The summed E-state index contributed by atoms with van der Waals surface area (Å²) in [7, 11) is -2.80. The summed E-state index contributed by atoms with van der Waals surface area (Å²) < 4.78 is 37.6. The Balaban J connectivity index is 2.33. The molecule has 0 saturated heterocycles. The van der Waals surface area contributed by atoms with Crippen LogP contribution in [0.4, 0.5) is 5.69 Å². The number of halogens is 1. The predicted molar refractivity (Wildman–Crippen MR) is 95.7 cm³/mol. The van der Waals surface area contributed by atoms with Gasteiger partial charge in [0.15, 0.2) is 0 Å². The van der Waals surface area contributed by atoms with Crippen molar-refractivity contribution in [1.29, 1.82) is 0 Å². The Bertz CT molecular complexity index is 896. The number of methoxy groups -OCH3 is 1. The number of carbonyl (C=O) groups is 1. The molecule has 25 heavy (non-hydrogen) atoms. The largest absolute Gasteiger partial charge is 0.489 e. The van der Waals surface area contributed by atoms with Crippen molar-refractivity contribution in [2.24, 2.45) is 0 Å². The average Bonchev–Trinajstić information content (AvgIpc) is 2.59. The van der Waals surface area contributed by atoms with E-state index in [4.69, 9.17) is 16.3 Å². The monoisotopic (exact) mass is 381 g/mol. The van der Waals surface area contributed by atoms with Crippen LogP contribution < -0.4 is 9.46 Å². The minimum Gasteiger partial charge on any atom is -0.489 e. The fourth-order valence-corrected chi connectivity index (χ4v) is 3.55. The van der Waals surface area contributed by atoms with Crippen LogP contribution in [0, 0.1) is 0 Å². The smallest absolute Gasteiger partial charge is 0.337 e. The highest BCUT2D eigenvalue weighted by atomic mass is 35.5. The van der Waals surface area contributed by atoms with Gasteiger partial charge < -0.3 is 9.47 Å². The number of sulfonamides is 1. The van der Waals surface area contributed by atoms with Crippen molar-refractivity contribution >= 4 is 33.3 Å². The summed E-state index contributed by atoms with van der Waals surface area (Å²) in [6.45, 7) is 3.84. The lowest BCUT2D eigenvalue weighted by atomic mass is 10.2. The van der Waals surface area contributed by atoms with Crippen molar-refractivity contribution in [2.45, 2.75) is 4.90 Å². The minimum atomic E-state index is -4.01. The minimum absolute atomic E-state index is 0.0146. The second-order valence-electron chi connectivity index (χ2n) is 4.87. The van der Waals surface area contributed by atoms with E-state index in [1.54, 1.807) is 24.3 Å². The number of esters is 1. The molecular formula is C17H16ClNO5S. The normalized spacial score (nSPS) is 10.8. The first-order chi connectivity index (χ1) is 11.9. The Hall–Kier alpha value is -2.51. The Kier molecular flexibility index (Phi) is 6.06. The second kappa shape index (κ2) is 8.04. The standard InChI is InChI=1S/C17H16ClNO5S/c1-3-9-24-14-6-4-5-13(11-14)19-25(21,22)16-10-12(17(20)23-2)7-8-15(16)18/h3-8,10-11,19H,1,9H2,2H3. The summed E-state index contributed by atoms with van der Waals surface area (Å²) in [5, 5.41) is -0.0146. The third-order valence-corrected chi connectivity index (χ3v) is 4.96. The molecular weight excluding hydrogens is 366 g/mol. The van der Waals surface area contributed by atoms with Gasteiger partial charge in [0, 0.05) is 6.07 Å². The summed E-state index contributed by atoms with van der Waals surface area (Å²) in [5.41, 5.74) is 0.372. The first-order valence-corrected chi connectivity index (χ1v) is 8.98. The van der Waals surface area contributed by atoms with Crippen LogP contribution >= 0.6 is 11.6 Å². The molecule has 1 N–H and O–H groups in total. The molecule has 0 aromatic heterocycles. The molecule has 0 bridgehead atoms. The van der Waals surface area contributed by atoms with Gasteiger partial charge in [-0.15, -0.1) is 0 Å². The first kappa shape index (κ1) is 18.8. The van der Waals surface area contributed by atoms with Crippen molar-refractivity contribution in [3.05, 3.63) is 65.7 Å². The topological polar surface area (TPSA) is 81.7 Å². The lowest BCUT2D eigenvalue weighted by Gasteiger charge is -2.12. The molecule has 6 nitrogen and oxygen atoms in total. The van der Waals surface area contributed by atoms with Crippen molar-refractivity contribution in [1.82, 2.24) is 0 Å². The average molecular weight is 382 g/mol. The van der Waals surface area contributed by atoms with E-state index in [0.29, 0.717) is 18.0 Å². The maximum atomic E-state index is 12.6. The molecule has 0 aliphatic heterocycles. The van der Waals surface area contributed by atoms with Crippen molar-refractivity contribution in [2.75, 3.05) is 18.4 Å². The number of hydrogen-bond acceptors (Lipinski definition) is 5. The second-order valence-corrected chi connectivity index (χ2v) is 6.93. The number of hydrogen-bond donors (Lipinski definition) is 1. The SMILES string of the molecule is C=CCOc1cccc(NS(=O)(=O)c2cc(C(=O)OC)ccc2Cl)c1. The molecule has 2 aromatic carbocycles. The van der Waals surface area contributed by atoms with Gasteiger partial charge in [-0.25, -0.2) is 13.2 Å². The van der Waals surface area contributed by atoms with Gasteiger partial charge in [-0.1, -0.05) is 30.3 Å². The quantitative estimate of drug-likeness (QED) is 0.586. The molecule has 0 unspecified atom stereocenters. The lowest BCUT2D eigenvalue weighted by Crippen LogP contribution is -2.14. The van der Waals surface area contributed by atoms with Crippen molar-refractivity contribution in [3.8, 4) is 5.75 Å². The maximum Gasteiger partial charge on any atom is 0.337 e. The van der Waals surface area contributed by atoms with Crippen LogP contribution in [0.25, 0.3) is 0 Å². The summed E-state index contributed by atoms with van der Waals surface area (Å²) in [6.07, 6.45) is 1.58. The summed E-state index contributed by atoms with van der Waals surface area (Å²) in [6, 6.07) is 10.3. The summed E-state index contributed by atoms with van der Waals surface area (Å²) in [4.78, 5) is 11.4. The molecule has 0 atom stereocenters. The van der Waals surface area contributed by atoms with E-state index in [1.165, 1.54) is 25.3 Å². The number of ether oxygens (including phenoxy) is 2. The van der Waals surface area contributed by atoms with E-state index in [1.807, 2.05) is 0 Å². The summed E-state index contributed by atoms with van der Waals surface area (Å²) in [5.74, 6) is -0.178. The zero-order valence-electron chi connectivity index (χ0n) is 13.4. The highest BCUT2D eigenvalue weighted by molar-refractivity contribution is 7.92. The third kappa shape index (κ3) is 4.74. The van der Waals surface area contributed by atoms with Crippen LogP contribution in [0.5, 0.6) is 5.75 Å². The van der Waals surface area contributed by atoms with Gasteiger partial charge in [0.05, 0.1) is 23.4 Å². The van der Waals surface area contributed by atoms with Gasteiger partial charge >= 0.3 is 5.97 Å². The predicted octanol–water partition coefficient (Wildman–Crippen LogP) is 3.49. The van der Waals surface area contributed by atoms with Crippen LogP contribution in [0.2, 0.25) is 5.02 Å². The van der Waals surface area contributed by atoms with Crippen molar-refractivity contribution in [3.63, 3.8) is 0 Å². The molecule has 0 fully saturated rings. The molecule has 0 aliphatic rings. The molecule has 0 spiro atoms.